The van der Waals surface area contributed by atoms with Crippen molar-refractivity contribution in [2.24, 2.45) is 0 Å². The summed E-state index contributed by atoms with van der Waals surface area (Å²) >= 11 is 0. The van der Waals surface area contributed by atoms with Crippen LogP contribution in [0.5, 0.6) is 0 Å². The maximum Gasteiger partial charge on any atom is 0.323 e. The zero-order valence-corrected chi connectivity index (χ0v) is 27.1. The monoisotopic (exact) mass is 623 g/mol. The maximum atomic E-state index is 13.0. The van der Waals surface area contributed by atoms with Gasteiger partial charge in [0.2, 0.25) is 11.8 Å². The second-order valence-corrected chi connectivity index (χ2v) is 13.0. The van der Waals surface area contributed by atoms with Gasteiger partial charge in [-0.15, -0.1) is 0 Å². The molecule has 246 valence electrons. The Morgan fingerprint density at radius 2 is 1.80 bits per heavy atom. The summed E-state index contributed by atoms with van der Waals surface area (Å²) < 4.78 is 18.8. The molecule has 0 saturated carbocycles. The molecule has 10 nitrogen and oxygen atoms in total. The van der Waals surface area contributed by atoms with E-state index in [0.717, 1.165) is 55.3 Å². The van der Waals surface area contributed by atoms with Gasteiger partial charge in [0.15, 0.2) is 6.29 Å². The van der Waals surface area contributed by atoms with Crippen LogP contribution >= 0.6 is 0 Å². The Morgan fingerprint density at radius 3 is 2.51 bits per heavy atom. The number of rotatable bonds is 13. The first-order valence-corrected chi connectivity index (χ1v) is 16.1. The van der Waals surface area contributed by atoms with Crippen molar-refractivity contribution >= 4 is 23.5 Å². The minimum atomic E-state index is -0.681. The molecule has 3 N–H and O–H groups in total. The number of aliphatic hydroxyl groups is 1. The van der Waals surface area contributed by atoms with E-state index in [-0.39, 0.29) is 42.6 Å². The van der Waals surface area contributed by atoms with Gasteiger partial charge in [0, 0.05) is 44.1 Å². The summed E-state index contributed by atoms with van der Waals surface area (Å²) in [4.78, 5) is 38.8. The minimum Gasteiger partial charge on any atom is -0.459 e. The average molecular weight is 624 g/mol. The van der Waals surface area contributed by atoms with Gasteiger partial charge in [-0.25, -0.2) is 0 Å². The number of carbonyl (C=O) groups excluding carboxylic acids is 3. The van der Waals surface area contributed by atoms with Crippen LogP contribution in [0.25, 0.3) is 0 Å². The van der Waals surface area contributed by atoms with E-state index in [1.54, 1.807) is 0 Å². The molecular weight excluding hydrogens is 574 g/mol. The van der Waals surface area contributed by atoms with E-state index >= 15 is 0 Å². The van der Waals surface area contributed by atoms with Crippen LogP contribution in [0.15, 0.2) is 48.5 Å². The molecule has 2 aliphatic heterocycles. The molecule has 0 bridgehead atoms. The van der Waals surface area contributed by atoms with Crippen LogP contribution in [-0.2, 0) is 35.2 Å². The molecule has 0 unspecified atom stereocenters. The number of esters is 1. The quantitative estimate of drug-likeness (QED) is 0.206. The number of anilines is 1. The van der Waals surface area contributed by atoms with Gasteiger partial charge in [-0.1, -0.05) is 42.8 Å². The van der Waals surface area contributed by atoms with Crippen LogP contribution in [0.1, 0.15) is 102 Å². The lowest BCUT2D eigenvalue weighted by atomic mass is 9.99. The highest BCUT2D eigenvalue weighted by Crippen LogP contribution is 2.39. The van der Waals surface area contributed by atoms with Crippen molar-refractivity contribution < 1.29 is 33.7 Å². The van der Waals surface area contributed by atoms with Crippen molar-refractivity contribution in [3.05, 3.63) is 65.2 Å². The molecule has 0 radical (unpaired) electrons. The Kier molecular flexibility index (Phi) is 12.5. The average Bonchev–Trinajstić information content (AvgIpc) is 3.46. The number of hydrogen-bond donors (Lipinski definition) is 3. The standard InChI is InChI=1S/C35H49N3O7/c1-24(40)36-18-7-5-6-13-32(41)37-28-11-8-10-27(20-28)34-43-29(21-31(44-34)26-16-14-25(23-39)15-17-26)22-38-19-9-12-30(38)33(42)45-35(2,3)4/h8,10-11,14-17,20,29-31,34,39H,5-7,9,12-13,18-19,21-23H2,1-4H3,(H,36,40)(H,37,41)/t29-,30+,31+,34+/m1/s1. The van der Waals surface area contributed by atoms with Gasteiger partial charge in [-0.3, -0.25) is 19.3 Å². The number of nitrogens with one attached hydrogen (secondary N) is 2. The summed E-state index contributed by atoms with van der Waals surface area (Å²) in [6.07, 6.45) is 3.92. The van der Waals surface area contributed by atoms with Crippen LogP contribution in [-0.4, -0.2) is 65.2 Å². The molecule has 2 saturated heterocycles. The van der Waals surface area contributed by atoms with E-state index < -0.39 is 11.9 Å². The molecule has 0 spiro atoms. The van der Waals surface area contributed by atoms with Crippen LogP contribution in [0.4, 0.5) is 5.69 Å². The van der Waals surface area contributed by atoms with Crippen LogP contribution < -0.4 is 10.6 Å². The number of benzene rings is 2. The second-order valence-electron chi connectivity index (χ2n) is 13.0. The summed E-state index contributed by atoms with van der Waals surface area (Å²) in [6.45, 7) is 9.09. The predicted octanol–water partition coefficient (Wildman–Crippen LogP) is 5.17. The molecule has 4 rings (SSSR count). The van der Waals surface area contributed by atoms with Crippen molar-refractivity contribution in [3.8, 4) is 0 Å². The predicted molar refractivity (Wildman–Crippen MR) is 171 cm³/mol. The van der Waals surface area contributed by atoms with E-state index in [4.69, 9.17) is 14.2 Å². The van der Waals surface area contributed by atoms with Crippen molar-refractivity contribution in [2.75, 3.05) is 25.0 Å². The number of carbonyl (C=O) groups is 3. The van der Waals surface area contributed by atoms with Gasteiger partial charge in [0.05, 0.1) is 18.8 Å². The van der Waals surface area contributed by atoms with E-state index in [1.165, 1.54) is 6.92 Å². The van der Waals surface area contributed by atoms with Gasteiger partial charge < -0.3 is 30.0 Å². The highest BCUT2D eigenvalue weighted by Gasteiger charge is 2.39. The summed E-state index contributed by atoms with van der Waals surface area (Å²) in [5.41, 5.74) is 2.71. The Hall–Kier alpha value is -3.31. The number of ether oxygens (including phenoxy) is 3. The normalized spacial score (nSPS) is 22.2. The lowest BCUT2D eigenvalue weighted by Gasteiger charge is -2.38. The topological polar surface area (TPSA) is 126 Å². The zero-order chi connectivity index (χ0) is 32.4. The molecule has 4 atom stereocenters. The number of hydrogen-bond acceptors (Lipinski definition) is 8. The molecule has 2 aliphatic rings. The third kappa shape index (κ3) is 10.9. The SMILES string of the molecule is CC(=O)NCCCCCC(=O)Nc1cccc([C@H]2O[C@@H](CN3CCC[C@H]3C(=O)OC(C)(C)C)C[C@@H](c3ccc(CO)cc3)O2)c1. The fraction of sp³-hybridized carbons (Fsp3) is 0.571. The van der Waals surface area contributed by atoms with Gasteiger partial charge >= 0.3 is 5.97 Å². The Morgan fingerprint density at radius 1 is 1.02 bits per heavy atom. The number of aliphatic hydroxyl groups excluding tert-OH is 1. The molecule has 10 heteroatoms. The fourth-order valence-corrected chi connectivity index (χ4v) is 5.81. The maximum absolute atomic E-state index is 13.0. The first-order chi connectivity index (χ1) is 21.5. The second kappa shape index (κ2) is 16.3. The van der Waals surface area contributed by atoms with Gasteiger partial charge in [0.25, 0.3) is 0 Å². The lowest BCUT2D eigenvalue weighted by Crippen LogP contribution is -2.45. The highest BCUT2D eigenvalue weighted by atomic mass is 16.7. The van der Waals surface area contributed by atoms with E-state index in [9.17, 15) is 19.5 Å². The summed E-state index contributed by atoms with van der Waals surface area (Å²) in [5.74, 6) is -0.313. The van der Waals surface area contributed by atoms with Crippen LogP contribution in [0.2, 0.25) is 0 Å². The molecule has 2 aromatic carbocycles. The largest absolute Gasteiger partial charge is 0.459 e. The smallest absolute Gasteiger partial charge is 0.323 e. The number of likely N-dealkylation sites (tertiary alicyclic amines) is 1. The van der Waals surface area contributed by atoms with Crippen LogP contribution in [0.3, 0.4) is 0 Å². The number of amides is 2. The van der Waals surface area contributed by atoms with E-state index in [0.29, 0.717) is 31.6 Å². The van der Waals surface area contributed by atoms with Crippen molar-refractivity contribution in [1.29, 1.82) is 0 Å². The Balaban J connectivity index is 1.44. The van der Waals surface area contributed by atoms with Crippen LogP contribution in [0, 0.1) is 0 Å². The van der Waals surface area contributed by atoms with Crippen molar-refractivity contribution in [3.63, 3.8) is 0 Å². The highest BCUT2D eigenvalue weighted by molar-refractivity contribution is 5.90. The van der Waals surface area contributed by atoms with E-state index in [2.05, 4.69) is 15.5 Å². The van der Waals surface area contributed by atoms with Gasteiger partial charge in [0.1, 0.15) is 11.6 Å². The Bertz CT molecular complexity index is 1280. The molecule has 0 aliphatic carbocycles. The summed E-state index contributed by atoms with van der Waals surface area (Å²) in [6, 6.07) is 15.0. The third-order valence-electron chi connectivity index (χ3n) is 7.99. The van der Waals surface area contributed by atoms with Gasteiger partial charge in [-0.2, -0.15) is 0 Å². The molecule has 2 fully saturated rings. The number of unbranched alkanes of at least 4 members (excludes halogenated alkanes) is 2. The fourth-order valence-electron chi connectivity index (χ4n) is 5.81. The van der Waals surface area contributed by atoms with E-state index in [1.807, 2.05) is 69.3 Å². The first kappa shape index (κ1) is 34.6. The summed E-state index contributed by atoms with van der Waals surface area (Å²) in [5, 5.41) is 15.3. The third-order valence-corrected chi connectivity index (χ3v) is 7.99. The van der Waals surface area contributed by atoms with Gasteiger partial charge in [-0.05, 0) is 76.3 Å². The molecule has 45 heavy (non-hydrogen) atoms. The molecular formula is C35H49N3O7. The molecule has 0 aromatic heterocycles. The van der Waals surface area contributed by atoms with Crippen molar-refractivity contribution in [2.45, 2.75) is 109 Å². The zero-order valence-electron chi connectivity index (χ0n) is 27.1. The molecule has 2 aromatic rings. The number of nitrogens with zero attached hydrogens (tertiary/aromatic N) is 1. The summed E-state index contributed by atoms with van der Waals surface area (Å²) in [7, 11) is 0. The minimum absolute atomic E-state index is 0.0310. The van der Waals surface area contributed by atoms with Crippen molar-refractivity contribution in [1.82, 2.24) is 10.2 Å². The molecule has 2 amide bonds. The Labute approximate surface area is 266 Å². The molecule has 2 heterocycles. The lowest BCUT2D eigenvalue weighted by molar-refractivity contribution is -0.253. The first-order valence-electron chi connectivity index (χ1n) is 16.1.